The van der Waals surface area contributed by atoms with Crippen LogP contribution in [0.15, 0.2) is 30.3 Å². The van der Waals surface area contributed by atoms with Gasteiger partial charge in [-0.25, -0.2) is 0 Å². The van der Waals surface area contributed by atoms with E-state index in [0.717, 1.165) is 29.7 Å². The van der Waals surface area contributed by atoms with E-state index >= 15 is 0 Å². The molecule has 4 saturated carbocycles. The third kappa shape index (κ3) is 2.53. The summed E-state index contributed by atoms with van der Waals surface area (Å²) < 4.78 is 0. The maximum Gasteiger partial charge on any atom is 0.0124 e. The highest BCUT2D eigenvalue weighted by molar-refractivity contribution is 5.14. The molecule has 108 valence electrons. The Labute approximate surface area is 123 Å². The van der Waals surface area contributed by atoms with Crippen molar-refractivity contribution in [2.75, 3.05) is 6.54 Å². The van der Waals surface area contributed by atoms with Crippen molar-refractivity contribution in [2.24, 2.45) is 23.7 Å². The molecule has 4 bridgehead atoms. The first kappa shape index (κ1) is 12.9. The molecule has 0 amide bonds. The van der Waals surface area contributed by atoms with Crippen molar-refractivity contribution in [1.29, 1.82) is 0 Å². The topological polar surface area (TPSA) is 12.0 Å². The number of hydrogen-bond acceptors (Lipinski definition) is 1. The van der Waals surface area contributed by atoms with E-state index in [4.69, 9.17) is 0 Å². The molecule has 0 radical (unpaired) electrons. The Morgan fingerprint density at radius 3 is 2.15 bits per heavy atom. The van der Waals surface area contributed by atoms with E-state index in [1.165, 1.54) is 50.6 Å². The number of hydrogen-bond donors (Lipinski definition) is 1. The summed E-state index contributed by atoms with van der Waals surface area (Å²) in [5, 5.41) is 3.93. The van der Waals surface area contributed by atoms with Gasteiger partial charge < -0.3 is 5.32 Å². The van der Waals surface area contributed by atoms with Crippen molar-refractivity contribution in [3.8, 4) is 0 Å². The van der Waals surface area contributed by atoms with Crippen molar-refractivity contribution < 1.29 is 0 Å². The van der Waals surface area contributed by atoms with Gasteiger partial charge in [0.05, 0.1) is 0 Å². The lowest BCUT2D eigenvalue weighted by Gasteiger charge is -2.54. The molecular weight excluding hydrogens is 242 g/mol. The molecule has 4 aliphatic rings. The summed E-state index contributed by atoms with van der Waals surface area (Å²) in [6.45, 7) is 1.21. The summed E-state index contributed by atoms with van der Waals surface area (Å²) >= 11 is 0. The molecule has 0 heterocycles. The minimum atomic E-state index is 0.860. The van der Waals surface area contributed by atoms with Gasteiger partial charge in [-0.05, 0) is 80.7 Å². The Bertz CT molecular complexity index is 410. The summed E-state index contributed by atoms with van der Waals surface area (Å²) in [7, 11) is 0. The Kier molecular flexibility index (Phi) is 3.56. The molecule has 0 atom stereocenters. The number of rotatable bonds is 5. The summed E-state index contributed by atoms with van der Waals surface area (Å²) in [4.78, 5) is 0. The molecule has 1 heteroatoms. The molecular formula is C19H27N. The van der Waals surface area contributed by atoms with Gasteiger partial charge in [-0.1, -0.05) is 30.3 Å². The smallest absolute Gasteiger partial charge is 0.0124 e. The highest BCUT2D eigenvalue weighted by Gasteiger charge is 2.47. The molecule has 0 unspecified atom stereocenters. The van der Waals surface area contributed by atoms with Crippen LogP contribution < -0.4 is 5.32 Å². The Morgan fingerprint density at radius 2 is 1.50 bits per heavy atom. The minimum Gasteiger partial charge on any atom is -0.313 e. The molecule has 0 aliphatic heterocycles. The predicted molar refractivity (Wildman–Crippen MR) is 83.6 cm³/mol. The third-order valence-corrected chi connectivity index (χ3v) is 6.09. The fourth-order valence-electron chi connectivity index (χ4n) is 5.46. The first-order chi connectivity index (χ1) is 9.88. The van der Waals surface area contributed by atoms with Crippen LogP contribution in [-0.4, -0.2) is 12.6 Å². The Morgan fingerprint density at radius 1 is 0.850 bits per heavy atom. The number of aryl methyl sites for hydroxylation is 1. The second-order valence-corrected chi connectivity index (χ2v) is 7.50. The van der Waals surface area contributed by atoms with Gasteiger partial charge in [0, 0.05) is 6.04 Å². The molecule has 0 aromatic heterocycles. The van der Waals surface area contributed by atoms with Crippen LogP contribution in [-0.2, 0) is 6.42 Å². The zero-order valence-electron chi connectivity index (χ0n) is 12.4. The van der Waals surface area contributed by atoms with Crippen LogP contribution in [0.3, 0.4) is 0 Å². The molecule has 4 aliphatic carbocycles. The Hall–Kier alpha value is -0.820. The lowest BCUT2D eigenvalue weighted by molar-refractivity contribution is -0.0135. The molecule has 1 aromatic carbocycles. The van der Waals surface area contributed by atoms with Gasteiger partial charge in [-0.3, -0.25) is 0 Å². The minimum absolute atomic E-state index is 0.860. The molecule has 1 nitrogen and oxygen atoms in total. The molecule has 0 spiro atoms. The van der Waals surface area contributed by atoms with Crippen molar-refractivity contribution in [2.45, 2.75) is 51.0 Å². The molecule has 1 aromatic rings. The first-order valence-corrected chi connectivity index (χ1v) is 8.66. The first-order valence-electron chi connectivity index (χ1n) is 8.66. The molecule has 5 rings (SSSR count). The van der Waals surface area contributed by atoms with Gasteiger partial charge in [0.2, 0.25) is 0 Å². The van der Waals surface area contributed by atoms with E-state index in [2.05, 4.69) is 35.6 Å². The Balaban J connectivity index is 1.26. The van der Waals surface area contributed by atoms with Crippen LogP contribution in [0, 0.1) is 23.7 Å². The summed E-state index contributed by atoms with van der Waals surface area (Å²) in [5.74, 6) is 4.23. The normalized spacial score (nSPS) is 38.3. The highest BCUT2D eigenvalue weighted by Crippen LogP contribution is 2.53. The van der Waals surface area contributed by atoms with Crippen LogP contribution in [0.1, 0.15) is 44.1 Å². The van der Waals surface area contributed by atoms with Gasteiger partial charge in [0.25, 0.3) is 0 Å². The van der Waals surface area contributed by atoms with Crippen molar-refractivity contribution in [3.05, 3.63) is 35.9 Å². The summed E-state index contributed by atoms with van der Waals surface area (Å²) in [6, 6.07) is 11.8. The second-order valence-electron chi connectivity index (χ2n) is 7.50. The molecule has 1 N–H and O–H groups in total. The van der Waals surface area contributed by atoms with Crippen molar-refractivity contribution in [3.63, 3.8) is 0 Å². The maximum atomic E-state index is 3.93. The van der Waals surface area contributed by atoms with Crippen LogP contribution in [0.4, 0.5) is 0 Å². The highest BCUT2D eigenvalue weighted by atomic mass is 14.9. The van der Waals surface area contributed by atoms with Gasteiger partial charge in [-0.2, -0.15) is 0 Å². The van der Waals surface area contributed by atoms with E-state index in [0.29, 0.717) is 0 Å². The lowest BCUT2D eigenvalue weighted by atomic mass is 9.54. The van der Waals surface area contributed by atoms with Gasteiger partial charge in [-0.15, -0.1) is 0 Å². The van der Waals surface area contributed by atoms with E-state index in [9.17, 15) is 0 Å². The monoisotopic (exact) mass is 269 g/mol. The summed E-state index contributed by atoms with van der Waals surface area (Å²) in [5.41, 5.74) is 1.49. The largest absolute Gasteiger partial charge is 0.313 e. The zero-order valence-corrected chi connectivity index (χ0v) is 12.4. The SMILES string of the molecule is c1ccc(CCCNC2C3CC4CC(C3)CC2C4)cc1. The van der Waals surface area contributed by atoms with E-state index in [1.54, 1.807) is 6.42 Å². The average molecular weight is 269 g/mol. The molecule has 20 heavy (non-hydrogen) atoms. The van der Waals surface area contributed by atoms with Crippen LogP contribution in [0.2, 0.25) is 0 Å². The number of benzene rings is 1. The van der Waals surface area contributed by atoms with Gasteiger partial charge in [0.15, 0.2) is 0 Å². The zero-order chi connectivity index (χ0) is 13.4. The predicted octanol–water partition coefficient (Wildman–Crippen LogP) is 4.03. The lowest BCUT2D eigenvalue weighted by Crippen LogP contribution is -2.54. The fourth-order valence-corrected chi connectivity index (χ4v) is 5.46. The van der Waals surface area contributed by atoms with E-state index in [-0.39, 0.29) is 0 Å². The standard InChI is InChI=1S/C19H27N/c1-2-5-14(6-3-1)7-4-8-20-19-17-10-15-9-16(12-17)13-18(19)11-15/h1-3,5-6,15-20H,4,7-13H2. The van der Waals surface area contributed by atoms with Crippen molar-refractivity contribution in [1.82, 2.24) is 5.32 Å². The maximum absolute atomic E-state index is 3.93. The number of nitrogens with one attached hydrogen (secondary N) is 1. The second kappa shape index (κ2) is 5.52. The fraction of sp³-hybridized carbons (Fsp3) is 0.684. The van der Waals surface area contributed by atoms with Crippen LogP contribution in [0.5, 0.6) is 0 Å². The summed E-state index contributed by atoms with van der Waals surface area (Å²) in [6.07, 6.45) is 10.2. The van der Waals surface area contributed by atoms with E-state index < -0.39 is 0 Å². The van der Waals surface area contributed by atoms with Gasteiger partial charge in [0.1, 0.15) is 0 Å². The third-order valence-electron chi connectivity index (χ3n) is 6.09. The molecule has 4 fully saturated rings. The van der Waals surface area contributed by atoms with Crippen molar-refractivity contribution >= 4 is 0 Å². The average Bonchev–Trinajstić information content (AvgIpc) is 2.46. The molecule has 0 saturated heterocycles. The van der Waals surface area contributed by atoms with E-state index in [1.807, 2.05) is 0 Å². The van der Waals surface area contributed by atoms with Crippen LogP contribution in [0.25, 0.3) is 0 Å². The quantitative estimate of drug-likeness (QED) is 0.796. The van der Waals surface area contributed by atoms with Gasteiger partial charge >= 0.3 is 0 Å². The van der Waals surface area contributed by atoms with Crippen LogP contribution >= 0.6 is 0 Å².